The van der Waals surface area contributed by atoms with Gasteiger partial charge in [-0.25, -0.2) is 4.98 Å². The van der Waals surface area contributed by atoms with Gasteiger partial charge in [-0.2, -0.15) is 0 Å². The molecular formula is C16H19ClN4. The van der Waals surface area contributed by atoms with Crippen LogP contribution in [0.15, 0.2) is 36.7 Å². The zero-order valence-corrected chi connectivity index (χ0v) is 13.1. The first kappa shape index (κ1) is 14.2. The average Bonchev–Trinajstić information content (AvgIpc) is 3.03. The highest BCUT2D eigenvalue weighted by atomic mass is 35.5. The molecule has 0 unspecified atom stereocenters. The second-order valence-electron chi connectivity index (χ2n) is 5.17. The molecule has 3 aromatic rings. The molecule has 2 aromatic heterocycles. The fraction of sp³-hybridized carbons (Fsp3) is 0.312. The predicted octanol–water partition coefficient (Wildman–Crippen LogP) is 3.19. The summed E-state index contributed by atoms with van der Waals surface area (Å²) in [5.41, 5.74) is 2.52. The van der Waals surface area contributed by atoms with Gasteiger partial charge in [0.15, 0.2) is 0 Å². The first-order valence-electron chi connectivity index (χ1n) is 7.13. The van der Waals surface area contributed by atoms with Gasteiger partial charge in [0.05, 0.1) is 12.7 Å². The smallest absolute Gasteiger partial charge is 0.129 e. The van der Waals surface area contributed by atoms with E-state index in [1.807, 2.05) is 11.6 Å². The lowest BCUT2D eigenvalue weighted by Gasteiger charge is -2.07. The van der Waals surface area contributed by atoms with E-state index in [1.54, 1.807) is 6.20 Å². The molecule has 1 N–H and O–H groups in total. The summed E-state index contributed by atoms with van der Waals surface area (Å²) in [6.45, 7) is 4.73. The maximum atomic E-state index is 6.04. The van der Waals surface area contributed by atoms with Crippen LogP contribution in [0.5, 0.6) is 0 Å². The van der Waals surface area contributed by atoms with Gasteiger partial charge in [-0.05, 0) is 35.7 Å². The quantitative estimate of drug-likeness (QED) is 0.785. The molecule has 5 heteroatoms. The molecule has 0 atom stereocenters. The van der Waals surface area contributed by atoms with Crippen molar-refractivity contribution < 1.29 is 0 Å². The van der Waals surface area contributed by atoms with Crippen LogP contribution in [0.25, 0.3) is 10.9 Å². The van der Waals surface area contributed by atoms with E-state index in [-0.39, 0.29) is 0 Å². The molecule has 0 bridgehead atoms. The van der Waals surface area contributed by atoms with E-state index in [2.05, 4.69) is 52.3 Å². The fourth-order valence-corrected chi connectivity index (χ4v) is 2.64. The molecule has 0 fully saturated rings. The van der Waals surface area contributed by atoms with Crippen LogP contribution in [-0.4, -0.2) is 20.7 Å². The van der Waals surface area contributed by atoms with Gasteiger partial charge >= 0.3 is 0 Å². The lowest BCUT2D eigenvalue weighted by Crippen LogP contribution is -2.11. The highest BCUT2D eigenvalue weighted by Crippen LogP contribution is 2.19. The highest BCUT2D eigenvalue weighted by molar-refractivity contribution is 6.29. The Kier molecular flexibility index (Phi) is 3.99. The minimum atomic E-state index is 0.661. The molecule has 0 amide bonds. The van der Waals surface area contributed by atoms with E-state index in [0.29, 0.717) is 5.15 Å². The van der Waals surface area contributed by atoms with Crippen LogP contribution in [0, 0.1) is 0 Å². The van der Waals surface area contributed by atoms with Crippen molar-refractivity contribution in [3.63, 3.8) is 0 Å². The molecule has 21 heavy (non-hydrogen) atoms. The van der Waals surface area contributed by atoms with Crippen molar-refractivity contribution in [2.75, 3.05) is 6.54 Å². The van der Waals surface area contributed by atoms with E-state index in [0.717, 1.165) is 25.5 Å². The zero-order chi connectivity index (χ0) is 14.8. The first-order valence-corrected chi connectivity index (χ1v) is 7.51. The molecule has 0 aliphatic rings. The molecule has 110 valence electrons. The van der Waals surface area contributed by atoms with Gasteiger partial charge in [-0.3, -0.25) is 0 Å². The second kappa shape index (κ2) is 5.92. The number of rotatable bonds is 5. The number of hydrogen-bond acceptors (Lipinski definition) is 2. The van der Waals surface area contributed by atoms with Crippen molar-refractivity contribution in [1.29, 1.82) is 0 Å². The molecule has 0 aliphatic carbocycles. The lowest BCUT2D eigenvalue weighted by molar-refractivity contribution is 0.717. The average molecular weight is 303 g/mol. The Morgan fingerprint density at radius 1 is 1.29 bits per heavy atom. The number of nitrogens with one attached hydrogen (secondary N) is 1. The Bertz CT molecular complexity index is 757. The van der Waals surface area contributed by atoms with Crippen molar-refractivity contribution >= 4 is 22.5 Å². The Morgan fingerprint density at radius 3 is 2.86 bits per heavy atom. The van der Waals surface area contributed by atoms with Gasteiger partial charge in [0.25, 0.3) is 0 Å². The standard InChI is InChI=1S/C16H19ClN4/c1-3-18-9-12-4-5-14-13(8-12)6-7-21(14)11-16-19-10-15(17)20(16)2/h4-8,10,18H,3,9,11H2,1-2H3. The molecule has 1 aromatic carbocycles. The third-order valence-corrected chi connectivity index (χ3v) is 4.11. The fourth-order valence-electron chi connectivity index (χ4n) is 2.49. The molecule has 4 nitrogen and oxygen atoms in total. The van der Waals surface area contributed by atoms with Gasteiger partial charge in [0.2, 0.25) is 0 Å². The van der Waals surface area contributed by atoms with E-state index in [4.69, 9.17) is 11.6 Å². The summed E-state index contributed by atoms with van der Waals surface area (Å²) in [4.78, 5) is 4.36. The van der Waals surface area contributed by atoms with Crippen molar-refractivity contribution in [2.24, 2.45) is 7.05 Å². The Hall–Kier alpha value is -1.78. The number of imidazole rings is 1. The highest BCUT2D eigenvalue weighted by Gasteiger charge is 2.08. The van der Waals surface area contributed by atoms with Gasteiger partial charge < -0.3 is 14.5 Å². The molecule has 2 heterocycles. The summed E-state index contributed by atoms with van der Waals surface area (Å²) in [6.07, 6.45) is 3.79. The summed E-state index contributed by atoms with van der Waals surface area (Å²) < 4.78 is 4.11. The molecule has 0 saturated heterocycles. The van der Waals surface area contributed by atoms with Crippen molar-refractivity contribution in [3.05, 3.63) is 53.2 Å². The van der Waals surface area contributed by atoms with Crippen molar-refractivity contribution in [3.8, 4) is 0 Å². The molecule has 0 radical (unpaired) electrons. The van der Waals surface area contributed by atoms with Crippen molar-refractivity contribution in [2.45, 2.75) is 20.0 Å². The summed E-state index contributed by atoms with van der Waals surface area (Å²) in [5, 5.41) is 5.27. The normalized spacial score (nSPS) is 11.4. The Morgan fingerprint density at radius 2 is 2.14 bits per heavy atom. The topological polar surface area (TPSA) is 34.8 Å². The summed E-state index contributed by atoms with van der Waals surface area (Å²) in [6, 6.07) is 8.73. The number of fused-ring (bicyclic) bond motifs is 1. The maximum absolute atomic E-state index is 6.04. The van der Waals surface area contributed by atoms with Crippen LogP contribution in [-0.2, 0) is 20.1 Å². The monoisotopic (exact) mass is 302 g/mol. The predicted molar refractivity (Wildman–Crippen MR) is 86.6 cm³/mol. The van der Waals surface area contributed by atoms with Gasteiger partial charge in [-0.1, -0.05) is 24.6 Å². The molecular weight excluding hydrogens is 284 g/mol. The molecule has 3 rings (SSSR count). The number of hydrogen-bond donors (Lipinski definition) is 1. The summed E-state index contributed by atoms with van der Waals surface area (Å²) >= 11 is 6.04. The Balaban J connectivity index is 1.88. The molecule has 0 aliphatic heterocycles. The van der Waals surface area contributed by atoms with Crippen LogP contribution < -0.4 is 5.32 Å². The van der Waals surface area contributed by atoms with Gasteiger partial charge in [0, 0.05) is 25.3 Å². The minimum absolute atomic E-state index is 0.661. The number of benzene rings is 1. The second-order valence-corrected chi connectivity index (χ2v) is 5.56. The number of nitrogens with zero attached hydrogens (tertiary/aromatic N) is 3. The van der Waals surface area contributed by atoms with Gasteiger partial charge in [0.1, 0.15) is 11.0 Å². The van der Waals surface area contributed by atoms with Crippen LogP contribution in [0.4, 0.5) is 0 Å². The SMILES string of the molecule is CCNCc1ccc2c(ccn2Cc2ncc(Cl)n2C)c1. The van der Waals surface area contributed by atoms with Crippen LogP contribution >= 0.6 is 11.6 Å². The van der Waals surface area contributed by atoms with Gasteiger partial charge in [-0.15, -0.1) is 0 Å². The summed E-state index contributed by atoms with van der Waals surface area (Å²) in [7, 11) is 1.94. The maximum Gasteiger partial charge on any atom is 0.129 e. The number of aromatic nitrogens is 3. The van der Waals surface area contributed by atoms with E-state index in [1.165, 1.54) is 16.5 Å². The van der Waals surface area contributed by atoms with E-state index < -0.39 is 0 Å². The summed E-state index contributed by atoms with van der Waals surface area (Å²) in [5.74, 6) is 0.953. The zero-order valence-electron chi connectivity index (χ0n) is 12.3. The third-order valence-electron chi connectivity index (χ3n) is 3.75. The third kappa shape index (κ3) is 2.82. The van der Waals surface area contributed by atoms with Crippen LogP contribution in [0.2, 0.25) is 5.15 Å². The van der Waals surface area contributed by atoms with Crippen LogP contribution in [0.1, 0.15) is 18.3 Å². The minimum Gasteiger partial charge on any atom is -0.340 e. The van der Waals surface area contributed by atoms with E-state index in [9.17, 15) is 0 Å². The largest absolute Gasteiger partial charge is 0.340 e. The van der Waals surface area contributed by atoms with Crippen LogP contribution in [0.3, 0.4) is 0 Å². The lowest BCUT2D eigenvalue weighted by atomic mass is 10.1. The van der Waals surface area contributed by atoms with E-state index >= 15 is 0 Å². The molecule has 0 saturated carbocycles. The Labute approximate surface area is 129 Å². The molecule has 0 spiro atoms. The first-order chi connectivity index (χ1) is 10.2. The van der Waals surface area contributed by atoms with Crippen molar-refractivity contribution in [1.82, 2.24) is 19.4 Å². The number of halogens is 1.